The van der Waals surface area contributed by atoms with Gasteiger partial charge in [-0.15, -0.1) is 0 Å². The van der Waals surface area contributed by atoms with Crippen molar-refractivity contribution in [3.05, 3.63) is 53.1 Å². The van der Waals surface area contributed by atoms with Crippen molar-refractivity contribution in [3.63, 3.8) is 0 Å². The number of ether oxygens (including phenoxy) is 1. The zero-order chi connectivity index (χ0) is 12.5. The van der Waals surface area contributed by atoms with E-state index in [0.29, 0.717) is 5.39 Å². The second-order valence-corrected chi connectivity index (χ2v) is 4.03. The van der Waals surface area contributed by atoms with Crippen molar-refractivity contribution in [2.24, 2.45) is 0 Å². The maximum atomic E-state index is 11.9. The lowest BCUT2D eigenvalue weighted by molar-refractivity contribution is 0.415. The van der Waals surface area contributed by atoms with E-state index in [1.807, 2.05) is 36.5 Å². The third-order valence-electron chi connectivity index (χ3n) is 2.98. The Morgan fingerprint density at radius 2 is 2.06 bits per heavy atom. The third-order valence-corrected chi connectivity index (χ3v) is 2.98. The van der Waals surface area contributed by atoms with Gasteiger partial charge in [0.2, 0.25) is 0 Å². The van der Waals surface area contributed by atoms with Crippen LogP contribution in [0.1, 0.15) is 0 Å². The minimum absolute atomic E-state index is 0.0911. The van der Waals surface area contributed by atoms with Crippen LogP contribution in [-0.4, -0.2) is 17.1 Å². The lowest BCUT2D eigenvalue weighted by Crippen LogP contribution is -2.03. The molecule has 0 atom stereocenters. The van der Waals surface area contributed by atoms with E-state index >= 15 is 0 Å². The monoisotopic (exact) mass is 240 g/mol. The van der Waals surface area contributed by atoms with E-state index in [2.05, 4.69) is 9.97 Å². The quantitative estimate of drug-likeness (QED) is 0.723. The Kier molecular flexibility index (Phi) is 2.41. The first-order valence-electron chi connectivity index (χ1n) is 5.63. The zero-order valence-electron chi connectivity index (χ0n) is 9.86. The van der Waals surface area contributed by atoms with Gasteiger partial charge in [0.15, 0.2) is 0 Å². The fourth-order valence-electron chi connectivity index (χ4n) is 2.11. The standard InChI is InChI=1S/C14H12N2O2/c1-18-10-4-2-3-9(7-10)11-8-16-12-5-6-15-14(17)13(11)12/h2-8,16H,1H3,(H,15,17). The molecule has 4 heteroatoms. The highest BCUT2D eigenvalue weighted by Crippen LogP contribution is 2.28. The van der Waals surface area contributed by atoms with Gasteiger partial charge in [0.25, 0.3) is 5.56 Å². The minimum Gasteiger partial charge on any atom is -0.497 e. The average molecular weight is 240 g/mol. The molecule has 0 saturated heterocycles. The molecule has 2 heterocycles. The lowest BCUT2D eigenvalue weighted by Gasteiger charge is -2.03. The maximum Gasteiger partial charge on any atom is 0.257 e. The average Bonchev–Trinajstić information content (AvgIpc) is 2.84. The highest BCUT2D eigenvalue weighted by molar-refractivity contribution is 5.94. The van der Waals surface area contributed by atoms with Crippen molar-refractivity contribution in [1.29, 1.82) is 0 Å². The second kappa shape index (κ2) is 4.07. The summed E-state index contributed by atoms with van der Waals surface area (Å²) in [5.74, 6) is 0.772. The lowest BCUT2D eigenvalue weighted by atomic mass is 10.1. The van der Waals surface area contributed by atoms with E-state index in [4.69, 9.17) is 4.74 Å². The first-order valence-corrected chi connectivity index (χ1v) is 5.63. The summed E-state index contributed by atoms with van der Waals surface area (Å²) in [6.45, 7) is 0. The van der Waals surface area contributed by atoms with Crippen LogP contribution in [-0.2, 0) is 0 Å². The van der Waals surface area contributed by atoms with Crippen LogP contribution in [0.5, 0.6) is 5.75 Å². The summed E-state index contributed by atoms with van der Waals surface area (Å²) in [5, 5.41) is 0.672. The number of methoxy groups -OCH3 is 1. The molecule has 18 heavy (non-hydrogen) atoms. The number of aromatic amines is 2. The molecule has 0 aliphatic heterocycles. The number of rotatable bonds is 2. The van der Waals surface area contributed by atoms with Crippen molar-refractivity contribution in [2.75, 3.05) is 7.11 Å². The van der Waals surface area contributed by atoms with Crippen molar-refractivity contribution in [3.8, 4) is 16.9 Å². The molecule has 90 valence electrons. The molecule has 0 amide bonds. The molecule has 0 aliphatic rings. The summed E-state index contributed by atoms with van der Waals surface area (Å²) >= 11 is 0. The Balaban J connectivity index is 2.28. The number of H-pyrrole nitrogens is 2. The predicted molar refractivity (Wildman–Crippen MR) is 70.9 cm³/mol. The van der Waals surface area contributed by atoms with Crippen LogP contribution in [0.2, 0.25) is 0 Å². The largest absolute Gasteiger partial charge is 0.497 e. The number of benzene rings is 1. The van der Waals surface area contributed by atoms with Crippen LogP contribution in [0.3, 0.4) is 0 Å². The summed E-state index contributed by atoms with van der Waals surface area (Å²) in [7, 11) is 1.63. The number of hydrogen-bond donors (Lipinski definition) is 2. The Hall–Kier alpha value is -2.49. The SMILES string of the molecule is COc1cccc(-c2c[nH]c3cc[nH]c(=O)c23)c1. The molecule has 0 fully saturated rings. The third kappa shape index (κ3) is 1.59. The van der Waals surface area contributed by atoms with Crippen LogP contribution in [0.25, 0.3) is 22.0 Å². The van der Waals surface area contributed by atoms with Gasteiger partial charge in [-0.25, -0.2) is 0 Å². The van der Waals surface area contributed by atoms with Crippen LogP contribution < -0.4 is 10.3 Å². The summed E-state index contributed by atoms with van der Waals surface area (Å²) < 4.78 is 5.20. The molecular weight excluding hydrogens is 228 g/mol. The Morgan fingerprint density at radius 1 is 1.17 bits per heavy atom. The predicted octanol–water partition coefficient (Wildman–Crippen LogP) is 2.53. The highest BCUT2D eigenvalue weighted by Gasteiger charge is 2.09. The van der Waals surface area contributed by atoms with Gasteiger partial charge in [-0.1, -0.05) is 12.1 Å². The van der Waals surface area contributed by atoms with Gasteiger partial charge < -0.3 is 14.7 Å². The first kappa shape index (κ1) is 10.7. The van der Waals surface area contributed by atoms with Gasteiger partial charge in [-0.05, 0) is 23.8 Å². The zero-order valence-corrected chi connectivity index (χ0v) is 9.86. The summed E-state index contributed by atoms with van der Waals surface area (Å²) in [5.41, 5.74) is 2.58. The molecule has 2 N–H and O–H groups in total. The summed E-state index contributed by atoms with van der Waals surface area (Å²) in [6, 6.07) is 9.50. The Labute approximate surface area is 103 Å². The van der Waals surface area contributed by atoms with Gasteiger partial charge in [-0.2, -0.15) is 0 Å². The minimum atomic E-state index is -0.0911. The van der Waals surface area contributed by atoms with E-state index in [9.17, 15) is 4.79 Å². The normalized spacial score (nSPS) is 10.7. The number of hydrogen-bond acceptors (Lipinski definition) is 2. The molecule has 2 aromatic heterocycles. The van der Waals surface area contributed by atoms with E-state index in [1.54, 1.807) is 13.3 Å². The first-order chi connectivity index (χ1) is 8.79. The fourth-order valence-corrected chi connectivity index (χ4v) is 2.11. The number of nitrogens with one attached hydrogen (secondary N) is 2. The topological polar surface area (TPSA) is 57.9 Å². The molecule has 4 nitrogen and oxygen atoms in total. The number of fused-ring (bicyclic) bond motifs is 1. The van der Waals surface area contributed by atoms with Gasteiger partial charge in [0.1, 0.15) is 5.75 Å². The van der Waals surface area contributed by atoms with E-state index < -0.39 is 0 Å². The van der Waals surface area contributed by atoms with Crippen molar-refractivity contribution < 1.29 is 4.74 Å². The molecule has 0 spiro atoms. The van der Waals surface area contributed by atoms with Crippen molar-refractivity contribution in [2.45, 2.75) is 0 Å². The van der Waals surface area contributed by atoms with Crippen molar-refractivity contribution in [1.82, 2.24) is 9.97 Å². The van der Waals surface area contributed by atoms with Gasteiger partial charge in [-0.3, -0.25) is 4.79 Å². The molecule has 3 aromatic rings. The molecule has 0 saturated carbocycles. The number of pyridine rings is 1. The van der Waals surface area contributed by atoms with Gasteiger partial charge in [0, 0.05) is 18.0 Å². The fraction of sp³-hybridized carbons (Fsp3) is 0.0714. The molecule has 1 aromatic carbocycles. The Bertz CT molecular complexity index is 756. The van der Waals surface area contributed by atoms with Crippen LogP contribution in [0.4, 0.5) is 0 Å². The van der Waals surface area contributed by atoms with E-state index in [1.165, 1.54) is 0 Å². The Morgan fingerprint density at radius 3 is 2.89 bits per heavy atom. The van der Waals surface area contributed by atoms with Gasteiger partial charge in [0.05, 0.1) is 18.0 Å². The maximum absolute atomic E-state index is 11.9. The van der Waals surface area contributed by atoms with E-state index in [-0.39, 0.29) is 5.56 Å². The number of aromatic nitrogens is 2. The smallest absolute Gasteiger partial charge is 0.257 e. The molecule has 0 unspecified atom stereocenters. The summed E-state index contributed by atoms with van der Waals surface area (Å²) in [6.07, 6.45) is 3.48. The second-order valence-electron chi connectivity index (χ2n) is 4.03. The van der Waals surface area contributed by atoms with Crippen LogP contribution >= 0.6 is 0 Å². The van der Waals surface area contributed by atoms with Gasteiger partial charge >= 0.3 is 0 Å². The van der Waals surface area contributed by atoms with Crippen LogP contribution in [0, 0.1) is 0 Å². The van der Waals surface area contributed by atoms with Crippen LogP contribution in [0.15, 0.2) is 47.5 Å². The molecular formula is C14H12N2O2. The highest BCUT2D eigenvalue weighted by atomic mass is 16.5. The van der Waals surface area contributed by atoms with Crippen molar-refractivity contribution >= 4 is 10.9 Å². The molecule has 0 aliphatic carbocycles. The summed E-state index contributed by atoms with van der Waals surface area (Å²) in [4.78, 5) is 17.7. The molecule has 0 bridgehead atoms. The molecule has 3 rings (SSSR count). The molecule has 0 radical (unpaired) electrons. The van der Waals surface area contributed by atoms with E-state index in [0.717, 1.165) is 22.4 Å².